The van der Waals surface area contributed by atoms with E-state index in [1.807, 2.05) is 22.7 Å². The van der Waals surface area contributed by atoms with Gasteiger partial charge in [-0.25, -0.2) is 0 Å². The molecule has 0 aliphatic carbocycles. The van der Waals surface area contributed by atoms with Gasteiger partial charge in [-0.05, 0) is 105 Å². The molecule has 0 aliphatic heterocycles. The standard InChI is InChI=1S/C42H28S4/c1-3-33-37(27-13-7-5-8-14-27)38(28-15-9-6-10-16-28)34(4-2)40-39(33)41-35(25-31(45-41)21-19-29-17-11-23-43-29)36-26-32(46-42(36)40)22-20-30-18-12-24-44-30/h5-18,23-26H,3-4H2,1-2H3. The Morgan fingerprint density at radius 2 is 0.891 bits per heavy atom. The van der Waals surface area contributed by atoms with Crippen molar-refractivity contribution < 1.29 is 0 Å². The minimum absolute atomic E-state index is 0.926. The Balaban J connectivity index is 1.55. The number of aryl methyl sites for hydroxylation is 2. The van der Waals surface area contributed by atoms with E-state index >= 15 is 0 Å². The smallest absolute Gasteiger partial charge is 0.0785 e. The third kappa shape index (κ3) is 5.09. The van der Waals surface area contributed by atoms with Crippen LogP contribution in [-0.2, 0) is 12.8 Å². The van der Waals surface area contributed by atoms with E-state index in [0.717, 1.165) is 32.4 Å². The second kappa shape index (κ2) is 12.4. The van der Waals surface area contributed by atoms with Crippen molar-refractivity contribution in [3.8, 4) is 45.9 Å². The Morgan fingerprint density at radius 1 is 0.478 bits per heavy atom. The first-order valence-electron chi connectivity index (χ1n) is 15.5. The summed E-state index contributed by atoms with van der Waals surface area (Å²) in [5, 5.41) is 9.51. The molecule has 46 heavy (non-hydrogen) atoms. The topological polar surface area (TPSA) is 0 Å². The molecule has 4 aromatic heterocycles. The van der Waals surface area contributed by atoms with E-state index in [2.05, 4.69) is 145 Å². The lowest BCUT2D eigenvalue weighted by molar-refractivity contribution is 1.14. The first-order chi connectivity index (χ1) is 22.7. The maximum atomic E-state index is 3.52. The number of hydrogen-bond donors (Lipinski definition) is 0. The predicted octanol–water partition coefficient (Wildman–Crippen LogP) is 12.7. The van der Waals surface area contributed by atoms with Crippen molar-refractivity contribution >= 4 is 76.3 Å². The summed E-state index contributed by atoms with van der Waals surface area (Å²) in [5.74, 6) is 13.9. The van der Waals surface area contributed by atoms with E-state index < -0.39 is 0 Å². The molecule has 0 radical (unpaired) electrons. The summed E-state index contributed by atoms with van der Waals surface area (Å²) in [6, 6.07) is 35.0. The van der Waals surface area contributed by atoms with Crippen LogP contribution in [0.1, 0.15) is 44.5 Å². The highest BCUT2D eigenvalue weighted by atomic mass is 32.1. The first kappa shape index (κ1) is 29.0. The zero-order valence-electron chi connectivity index (χ0n) is 25.4. The van der Waals surface area contributed by atoms with Crippen molar-refractivity contribution in [2.75, 3.05) is 0 Å². The van der Waals surface area contributed by atoms with Gasteiger partial charge in [-0.3, -0.25) is 0 Å². The van der Waals surface area contributed by atoms with Crippen LogP contribution in [0.2, 0.25) is 0 Å². The average Bonchev–Trinajstić information content (AvgIpc) is 3.93. The van der Waals surface area contributed by atoms with Crippen LogP contribution in [-0.4, -0.2) is 0 Å². The van der Waals surface area contributed by atoms with Crippen molar-refractivity contribution in [1.29, 1.82) is 0 Å². The van der Waals surface area contributed by atoms with Crippen molar-refractivity contribution in [3.05, 3.63) is 138 Å². The lowest BCUT2D eigenvalue weighted by Crippen LogP contribution is -2.01. The molecule has 4 heterocycles. The number of hydrogen-bond acceptors (Lipinski definition) is 4. The molecule has 0 spiro atoms. The highest BCUT2D eigenvalue weighted by molar-refractivity contribution is 7.23. The van der Waals surface area contributed by atoms with Gasteiger partial charge in [-0.15, -0.1) is 45.3 Å². The number of rotatable bonds is 4. The Labute approximate surface area is 285 Å². The summed E-state index contributed by atoms with van der Waals surface area (Å²) >= 11 is 7.06. The molecule has 0 amide bonds. The van der Waals surface area contributed by atoms with Gasteiger partial charge in [0.15, 0.2) is 0 Å². The molecule has 4 aromatic carbocycles. The van der Waals surface area contributed by atoms with Crippen LogP contribution in [0.3, 0.4) is 0 Å². The highest BCUT2D eigenvalue weighted by Gasteiger charge is 2.25. The molecular weight excluding hydrogens is 633 g/mol. The van der Waals surface area contributed by atoms with Gasteiger partial charge in [0, 0.05) is 30.9 Å². The molecule has 0 nitrogen and oxygen atoms in total. The minimum atomic E-state index is 0.926. The molecular formula is C42H28S4. The Kier molecular flexibility index (Phi) is 7.83. The van der Waals surface area contributed by atoms with Gasteiger partial charge in [0.05, 0.1) is 19.5 Å². The van der Waals surface area contributed by atoms with Gasteiger partial charge in [0.25, 0.3) is 0 Å². The van der Waals surface area contributed by atoms with Gasteiger partial charge in [0.2, 0.25) is 0 Å². The third-order valence-corrected chi connectivity index (χ3v) is 12.1. The minimum Gasteiger partial charge on any atom is -0.135 e. The number of fused-ring (bicyclic) bond motifs is 6. The molecule has 0 bridgehead atoms. The summed E-state index contributed by atoms with van der Waals surface area (Å²) in [5.41, 5.74) is 8.06. The molecule has 0 aliphatic rings. The fourth-order valence-electron chi connectivity index (χ4n) is 6.53. The van der Waals surface area contributed by atoms with Crippen LogP contribution in [0.15, 0.2) is 108 Å². The molecule has 0 saturated heterocycles. The molecule has 4 heteroatoms. The zero-order valence-corrected chi connectivity index (χ0v) is 28.7. The fourth-order valence-corrected chi connectivity index (χ4v) is 9.88. The van der Waals surface area contributed by atoms with Crippen molar-refractivity contribution in [1.82, 2.24) is 0 Å². The van der Waals surface area contributed by atoms with Gasteiger partial charge < -0.3 is 0 Å². The van der Waals surface area contributed by atoms with Crippen LogP contribution in [0.4, 0.5) is 0 Å². The van der Waals surface area contributed by atoms with Crippen LogP contribution in [0.25, 0.3) is 53.2 Å². The lowest BCUT2D eigenvalue weighted by atomic mass is 9.80. The van der Waals surface area contributed by atoms with Gasteiger partial charge in [-0.2, -0.15) is 0 Å². The monoisotopic (exact) mass is 660 g/mol. The van der Waals surface area contributed by atoms with Crippen LogP contribution >= 0.6 is 45.3 Å². The van der Waals surface area contributed by atoms with E-state index in [1.54, 1.807) is 22.7 Å². The molecule has 8 rings (SSSR count). The van der Waals surface area contributed by atoms with Gasteiger partial charge in [-0.1, -0.05) is 86.6 Å². The number of benzene rings is 4. The molecule has 0 unspecified atom stereocenters. The Morgan fingerprint density at radius 3 is 1.26 bits per heavy atom. The van der Waals surface area contributed by atoms with Crippen molar-refractivity contribution in [3.63, 3.8) is 0 Å². The second-order valence-electron chi connectivity index (χ2n) is 11.1. The maximum Gasteiger partial charge on any atom is 0.0785 e. The summed E-state index contributed by atoms with van der Waals surface area (Å²) < 4.78 is 2.66. The lowest BCUT2D eigenvalue weighted by Gasteiger charge is -2.23. The maximum absolute atomic E-state index is 3.52. The third-order valence-electron chi connectivity index (χ3n) is 8.41. The quantitative estimate of drug-likeness (QED) is 0.165. The molecule has 220 valence electrons. The van der Waals surface area contributed by atoms with Crippen molar-refractivity contribution in [2.24, 2.45) is 0 Å². The van der Waals surface area contributed by atoms with E-state index in [9.17, 15) is 0 Å². The van der Waals surface area contributed by atoms with Crippen LogP contribution in [0, 0.1) is 23.7 Å². The summed E-state index contributed by atoms with van der Waals surface area (Å²) in [6.45, 7) is 4.63. The summed E-state index contributed by atoms with van der Waals surface area (Å²) in [6.07, 6.45) is 1.85. The Hall–Kier alpha value is -4.42. The van der Waals surface area contributed by atoms with E-state index in [4.69, 9.17) is 0 Å². The SMILES string of the molecule is CCc1c(-c2ccccc2)c(-c2ccccc2)c(CC)c2c3sc(C#Cc4cccs4)cc3c3cc(C#Cc4cccs4)sc3c12. The summed E-state index contributed by atoms with van der Waals surface area (Å²) in [7, 11) is 0. The normalized spacial score (nSPS) is 11.1. The number of thiophene rings is 4. The van der Waals surface area contributed by atoms with Crippen LogP contribution in [0.5, 0.6) is 0 Å². The summed E-state index contributed by atoms with van der Waals surface area (Å²) in [4.78, 5) is 4.39. The first-order valence-corrected chi connectivity index (χ1v) is 18.8. The molecule has 0 N–H and O–H groups in total. The fraction of sp³-hybridized carbons (Fsp3) is 0.0952. The Bertz CT molecular complexity index is 2290. The van der Waals surface area contributed by atoms with E-state index in [1.165, 1.54) is 64.3 Å². The largest absolute Gasteiger partial charge is 0.135 e. The van der Waals surface area contributed by atoms with Crippen molar-refractivity contribution in [2.45, 2.75) is 26.7 Å². The van der Waals surface area contributed by atoms with Crippen LogP contribution < -0.4 is 0 Å². The highest BCUT2D eigenvalue weighted by Crippen LogP contribution is 2.51. The molecule has 0 fully saturated rings. The van der Waals surface area contributed by atoms with Gasteiger partial charge >= 0.3 is 0 Å². The molecule has 0 saturated carbocycles. The predicted molar refractivity (Wildman–Crippen MR) is 205 cm³/mol. The average molecular weight is 661 g/mol. The zero-order chi connectivity index (χ0) is 31.0. The molecule has 0 atom stereocenters. The van der Waals surface area contributed by atoms with E-state index in [-0.39, 0.29) is 0 Å². The van der Waals surface area contributed by atoms with E-state index in [0.29, 0.717) is 0 Å². The second-order valence-corrected chi connectivity index (χ2v) is 15.1. The van der Waals surface area contributed by atoms with Gasteiger partial charge in [0.1, 0.15) is 0 Å². The molecule has 8 aromatic rings.